The van der Waals surface area contributed by atoms with Crippen molar-refractivity contribution in [3.8, 4) is 0 Å². The number of ether oxygens (including phenoxy) is 2. The van der Waals surface area contributed by atoms with Crippen molar-refractivity contribution >= 4 is 18.0 Å². The van der Waals surface area contributed by atoms with E-state index in [1.165, 1.54) is 0 Å². The molecule has 170 valence electrons. The molecule has 3 aliphatic rings. The monoisotopic (exact) mass is 424 g/mol. The van der Waals surface area contributed by atoms with Gasteiger partial charge in [-0.1, -0.05) is 0 Å². The Hall–Kier alpha value is -1.83. The lowest BCUT2D eigenvalue weighted by Crippen LogP contribution is -2.52. The number of morpholine rings is 1. The molecular weight excluding hydrogens is 388 g/mol. The predicted molar refractivity (Wildman–Crippen MR) is 110 cm³/mol. The maximum absolute atomic E-state index is 13.1. The fourth-order valence-electron chi connectivity index (χ4n) is 4.69. The number of carboxylic acid groups (broad SMARTS) is 1. The first-order valence-corrected chi connectivity index (χ1v) is 11.1. The third kappa shape index (κ3) is 5.25. The van der Waals surface area contributed by atoms with Gasteiger partial charge in [0.05, 0.1) is 24.5 Å². The molecule has 2 saturated carbocycles. The predicted octanol–water partition coefficient (Wildman–Crippen LogP) is 2.75. The second kappa shape index (κ2) is 8.73. The molecule has 2 aliphatic carbocycles. The number of amides is 2. The Bertz CT molecular complexity index is 665. The molecule has 1 aliphatic heterocycles. The van der Waals surface area contributed by atoms with E-state index in [4.69, 9.17) is 9.47 Å². The summed E-state index contributed by atoms with van der Waals surface area (Å²) in [7, 11) is 0. The maximum Gasteiger partial charge on any atom is 0.320 e. The Balaban J connectivity index is 1.69. The SMILES string of the molecule is CC(C)(C)OC(=O)[C@H]1CCC(CN(C(=O)N2CCOCC2)C2CC2)C[C@]1(C)C(=O)O. The number of urea groups is 1. The van der Waals surface area contributed by atoms with Gasteiger partial charge in [0.25, 0.3) is 0 Å². The third-order valence-electron chi connectivity index (χ3n) is 6.50. The Morgan fingerprint density at radius 2 is 1.77 bits per heavy atom. The van der Waals surface area contributed by atoms with E-state index in [-0.39, 0.29) is 18.0 Å². The second-order valence-electron chi connectivity index (χ2n) is 10.2. The zero-order valence-electron chi connectivity index (χ0n) is 18.7. The minimum Gasteiger partial charge on any atom is -0.481 e. The van der Waals surface area contributed by atoms with Crippen molar-refractivity contribution < 1.29 is 29.0 Å². The summed E-state index contributed by atoms with van der Waals surface area (Å²) in [5, 5.41) is 9.99. The van der Waals surface area contributed by atoms with Gasteiger partial charge in [0.1, 0.15) is 5.60 Å². The Kier molecular flexibility index (Phi) is 6.65. The maximum atomic E-state index is 13.1. The number of rotatable bonds is 5. The average molecular weight is 425 g/mol. The Morgan fingerprint density at radius 1 is 1.13 bits per heavy atom. The minimum absolute atomic E-state index is 0.0343. The molecule has 0 aromatic heterocycles. The molecule has 0 bridgehead atoms. The lowest BCUT2D eigenvalue weighted by atomic mass is 9.63. The van der Waals surface area contributed by atoms with Crippen LogP contribution in [0.4, 0.5) is 4.79 Å². The van der Waals surface area contributed by atoms with Crippen LogP contribution in [0.25, 0.3) is 0 Å². The molecule has 3 atom stereocenters. The number of carbonyl (C=O) groups is 3. The van der Waals surface area contributed by atoms with Crippen molar-refractivity contribution in [3.05, 3.63) is 0 Å². The molecule has 1 unspecified atom stereocenters. The van der Waals surface area contributed by atoms with Crippen molar-refractivity contribution in [2.75, 3.05) is 32.8 Å². The van der Waals surface area contributed by atoms with Crippen LogP contribution in [0, 0.1) is 17.3 Å². The highest BCUT2D eigenvalue weighted by Gasteiger charge is 2.51. The molecule has 30 heavy (non-hydrogen) atoms. The summed E-state index contributed by atoms with van der Waals surface area (Å²) in [6.07, 6.45) is 3.55. The normalized spacial score (nSPS) is 29.9. The molecule has 0 aromatic carbocycles. The molecule has 1 heterocycles. The summed E-state index contributed by atoms with van der Waals surface area (Å²) in [6, 6.07) is 0.284. The van der Waals surface area contributed by atoms with E-state index in [0.717, 1.165) is 12.8 Å². The highest BCUT2D eigenvalue weighted by atomic mass is 16.6. The number of nitrogens with zero attached hydrogens (tertiary/aromatic N) is 2. The summed E-state index contributed by atoms with van der Waals surface area (Å²) in [4.78, 5) is 41.8. The van der Waals surface area contributed by atoms with Crippen molar-refractivity contribution in [1.29, 1.82) is 0 Å². The van der Waals surface area contributed by atoms with Gasteiger partial charge in [-0.3, -0.25) is 9.59 Å². The topological polar surface area (TPSA) is 96.4 Å². The molecule has 3 rings (SSSR count). The third-order valence-corrected chi connectivity index (χ3v) is 6.50. The lowest BCUT2D eigenvalue weighted by molar-refractivity contribution is -0.176. The smallest absolute Gasteiger partial charge is 0.320 e. The van der Waals surface area contributed by atoms with E-state index in [2.05, 4.69) is 0 Å². The van der Waals surface area contributed by atoms with E-state index >= 15 is 0 Å². The first kappa shape index (κ1) is 22.8. The van der Waals surface area contributed by atoms with E-state index in [9.17, 15) is 19.5 Å². The number of carbonyl (C=O) groups excluding carboxylic acids is 2. The molecule has 0 spiro atoms. The van der Waals surface area contributed by atoms with Gasteiger partial charge >= 0.3 is 18.0 Å². The summed E-state index contributed by atoms with van der Waals surface area (Å²) >= 11 is 0. The number of carboxylic acids is 1. The molecule has 8 heteroatoms. The molecule has 1 saturated heterocycles. The van der Waals surface area contributed by atoms with E-state index in [1.54, 1.807) is 27.7 Å². The van der Waals surface area contributed by atoms with Gasteiger partial charge in [-0.05, 0) is 65.7 Å². The molecular formula is C22H36N2O6. The zero-order valence-corrected chi connectivity index (χ0v) is 18.7. The highest BCUT2D eigenvalue weighted by molar-refractivity contribution is 5.84. The van der Waals surface area contributed by atoms with Crippen LogP contribution in [0.5, 0.6) is 0 Å². The quantitative estimate of drug-likeness (QED) is 0.682. The van der Waals surface area contributed by atoms with Gasteiger partial charge in [0, 0.05) is 25.7 Å². The van der Waals surface area contributed by atoms with Crippen LogP contribution in [0.3, 0.4) is 0 Å². The number of aliphatic carboxylic acids is 1. The molecule has 3 fully saturated rings. The largest absolute Gasteiger partial charge is 0.481 e. The number of hydrogen-bond acceptors (Lipinski definition) is 5. The Labute approximate surface area is 178 Å². The number of esters is 1. The van der Waals surface area contributed by atoms with Crippen LogP contribution in [0.2, 0.25) is 0 Å². The van der Waals surface area contributed by atoms with Crippen LogP contribution in [0.1, 0.15) is 59.8 Å². The zero-order chi connectivity index (χ0) is 22.1. The van der Waals surface area contributed by atoms with E-state index in [1.807, 2.05) is 9.80 Å². The molecule has 2 amide bonds. The van der Waals surface area contributed by atoms with Gasteiger partial charge in [-0.2, -0.15) is 0 Å². The van der Waals surface area contributed by atoms with Crippen molar-refractivity contribution in [2.24, 2.45) is 17.3 Å². The van der Waals surface area contributed by atoms with Crippen LogP contribution in [0.15, 0.2) is 0 Å². The number of hydrogen-bond donors (Lipinski definition) is 1. The fraction of sp³-hybridized carbons (Fsp3) is 0.864. The van der Waals surface area contributed by atoms with Gasteiger partial charge in [-0.15, -0.1) is 0 Å². The Morgan fingerprint density at radius 3 is 2.30 bits per heavy atom. The van der Waals surface area contributed by atoms with Gasteiger partial charge in [-0.25, -0.2) is 4.79 Å². The first-order chi connectivity index (χ1) is 14.0. The molecule has 0 aromatic rings. The summed E-state index contributed by atoms with van der Waals surface area (Å²) in [5.74, 6) is -2.03. The van der Waals surface area contributed by atoms with Crippen LogP contribution < -0.4 is 0 Å². The van der Waals surface area contributed by atoms with Gasteiger partial charge in [0.15, 0.2) is 0 Å². The summed E-state index contributed by atoms with van der Waals surface area (Å²) in [6.45, 7) is 9.88. The minimum atomic E-state index is -1.19. The second-order valence-corrected chi connectivity index (χ2v) is 10.2. The highest BCUT2D eigenvalue weighted by Crippen LogP contribution is 2.46. The van der Waals surface area contributed by atoms with Crippen molar-refractivity contribution in [1.82, 2.24) is 9.80 Å². The molecule has 8 nitrogen and oxygen atoms in total. The van der Waals surface area contributed by atoms with Crippen LogP contribution in [-0.4, -0.2) is 77.4 Å². The van der Waals surface area contributed by atoms with Crippen LogP contribution >= 0.6 is 0 Å². The van der Waals surface area contributed by atoms with Gasteiger partial charge in [0.2, 0.25) is 0 Å². The summed E-state index contributed by atoms with van der Waals surface area (Å²) in [5.41, 5.74) is -1.84. The van der Waals surface area contributed by atoms with E-state index in [0.29, 0.717) is 52.1 Å². The average Bonchev–Trinajstić information content (AvgIpc) is 3.50. The van der Waals surface area contributed by atoms with Gasteiger partial charge < -0.3 is 24.4 Å². The molecule has 1 N–H and O–H groups in total. The first-order valence-electron chi connectivity index (χ1n) is 11.1. The van der Waals surface area contributed by atoms with E-state index < -0.39 is 28.9 Å². The standard InChI is InChI=1S/C22H36N2O6/c1-21(2,3)30-18(25)17-8-5-15(13-22(17,4)19(26)27)14-24(16-6-7-16)20(28)23-9-11-29-12-10-23/h15-17H,5-14H2,1-4H3,(H,26,27)/t15?,17-,22+/m1/s1. The van der Waals surface area contributed by atoms with Crippen molar-refractivity contribution in [3.63, 3.8) is 0 Å². The molecule has 0 radical (unpaired) electrons. The summed E-state index contributed by atoms with van der Waals surface area (Å²) < 4.78 is 10.9. The van der Waals surface area contributed by atoms with Crippen molar-refractivity contribution in [2.45, 2.75) is 71.4 Å². The fourth-order valence-corrected chi connectivity index (χ4v) is 4.69. The lowest BCUT2D eigenvalue weighted by Gasteiger charge is -2.43. The van der Waals surface area contributed by atoms with Crippen LogP contribution in [-0.2, 0) is 19.1 Å².